The maximum absolute atomic E-state index is 11.9. The van der Waals surface area contributed by atoms with E-state index in [0.29, 0.717) is 12.2 Å². The van der Waals surface area contributed by atoms with Gasteiger partial charge in [-0.15, -0.1) is 0 Å². The number of carbonyl (C=O) groups is 1. The van der Waals surface area contributed by atoms with Crippen LogP contribution in [0, 0.1) is 6.92 Å². The third kappa shape index (κ3) is 3.57. The number of pyridine rings is 1. The zero-order chi connectivity index (χ0) is 14.4. The monoisotopic (exact) mass is 270 g/mol. The van der Waals surface area contributed by atoms with Crippen molar-refractivity contribution in [3.8, 4) is 5.75 Å². The van der Waals surface area contributed by atoms with E-state index in [2.05, 4.69) is 16.4 Å². The quantitative estimate of drug-likeness (QED) is 0.907. The maximum Gasteiger partial charge on any atom is 0.269 e. The molecule has 0 saturated carbocycles. The third-order valence-electron chi connectivity index (χ3n) is 3.01. The van der Waals surface area contributed by atoms with E-state index in [4.69, 9.17) is 4.74 Å². The van der Waals surface area contributed by atoms with Crippen LogP contribution in [0.25, 0.3) is 0 Å². The van der Waals surface area contributed by atoms with Crippen LogP contribution in [-0.4, -0.2) is 24.5 Å². The second kappa shape index (κ2) is 6.70. The van der Waals surface area contributed by atoms with Crippen LogP contribution in [0.4, 0.5) is 0 Å². The smallest absolute Gasteiger partial charge is 0.269 e. The zero-order valence-electron chi connectivity index (χ0n) is 11.7. The molecule has 2 aromatic rings. The Kier molecular flexibility index (Phi) is 4.71. The van der Waals surface area contributed by atoms with Crippen LogP contribution in [0.1, 0.15) is 21.6 Å². The lowest BCUT2D eigenvalue weighted by atomic mass is 10.1. The molecule has 104 valence electrons. The lowest BCUT2D eigenvalue weighted by molar-refractivity contribution is 0.0949. The fourth-order valence-corrected chi connectivity index (χ4v) is 2.00. The minimum Gasteiger partial charge on any atom is -0.496 e. The summed E-state index contributed by atoms with van der Waals surface area (Å²) in [6.45, 7) is 2.59. The largest absolute Gasteiger partial charge is 0.496 e. The minimum atomic E-state index is -0.155. The summed E-state index contributed by atoms with van der Waals surface area (Å²) < 4.78 is 5.32. The molecule has 0 saturated heterocycles. The van der Waals surface area contributed by atoms with Crippen molar-refractivity contribution in [2.24, 2.45) is 0 Å². The summed E-state index contributed by atoms with van der Waals surface area (Å²) in [6, 6.07) is 11.3. The SMILES string of the molecule is COc1ccc(C)cc1CCNC(=O)c1ccccn1. The summed E-state index contributed by atoms with van der Waals surface area (Å²) >= 11 is 0. The highest BCUT2D eigenvalue weighted by atomic mass is 16.5. The fourth-order valence-electron chi connectivity index (χ4n) is 2.00. The van der Waals surface area contributed by atoms with Crippen molar-refractivity contribution in [1.82, 2.24) is 10.3 Å². The molecule has 1 amide bonds. The Morgan fingerprint density at radius 1 is 1.30 bits per heavy atom. The molecule has 0 fully saturated rings. The third-order valence-corrected chi connectivity index (χ3v) is 3.01. The molecule has 0 spiro atoms. The average Bonchev–Trinajstić information content (AvgIpc) is 2.48. The normalized spacial score (nSPS) is 10.1. The molecule has 0 aliphatic carbocycles. The molecule has 1 aromatic carbocycles. The Balaban J connectivity index is 1.93. The van der Waals surface area contributed by atoms with Gasteiger partial charge in [0.2, 0.25) is 0 Å². The Hall–Kier alpha value is -2.36. The van der Waals surface area contributed by atoms with Gasteiger partial charge in [0.1, 0.15) is 11.4 Å². The molecule has 20 heavy (non-hydrogen) atoms. The van der Waals surface area contributed by atoms with Crippen molar-refractivity contribution in [1.29, 1.82) is 0 Å². The van der Waals surface area contributed by atoms with Crippen molar-refractivity contribution >= 4 is 5.91 Å². The molecule has 1 aromatic heterocycles. The lowest BCUT2D eigenvalue weighted by Crippen LogP contribution is -2.26. The number of hydrogen-bond acceptors (Lipinski definition) is 3. The van der Waals surface area contributed by atoms with Crippen LogP contribution in [0.3, 0.4) is 0 Å². The van der Waals surface area contributed by atoms with Gasteiger partial charge >= 0.3 is 0 Å². The molecule has 0 atom stereocenters. The second-order valence-corrected chi connectivity index (χ2v) is 4.54. The van der Waals surface area contributed by atoms with Crippen LogP contribution >= 0.6 is 0 Å². The molecule has 1 heterocycles. The number of nitrogens with zero attached hydrogens (tertiary/aromatic N) is 1. The second-order valence-electron chi connectivity index (χ2n) is 4.54. The first-order chi connectivity index (χ1) is 9.70. The van der Waals surface area contributed by atoms with Gasteiger partial charge < -0.3 is 10.1 Å². The highest BCUT2D eigenvalue weighted by Gasteiger charge is 2.07. The Morgan fingerprint density at radius 3 is 2.85 bits per heavy atom. The molecular formula is C16H18N2O2. The van der Waals surface area contributed by atoms with Gasteiger partial charge in [-0.25, -0.2) is 0 Å². The van der Waals surface area contributed by atoms with Crippen molar-refractivity contribution in [3.05, 3.63) is 59.4 Å². The number of amides is 1. The number of methoxy groups -OCH3 is 1. The van der Waals surface area contributed by atoms with Crippen molar-refractivity contribution in [2.75, 3.05) is 13.7 Å². The first kappa shape index (κ1) is 14.1. The minimum absolute atomic E-state index is 0.155. The van der Waals surface area contributed by atoms with E-state index in [9.17, 15) is 4.79 Å². The van der Waals surface area contributed by atoms with Gasteiger partial charge in [0.25, 0.3) is 5.91 Å². The van der Waals surface area contributed by atoms with E-state index in [1.165, 1.54) is 5.56 Å². The van der Waals surface area contributed by atoms with Gasteiger partial charge in [0, 0.05) is 12.7 Å². The number of benzene rings is 1. The van der Waals surface area contributed by atoms with E-state index < -0.39 is 0 Å². The molecule has 1 N–H and O–H groups in total. The number of ether oxygens (including phenoxy) is 1. The number of nitrogens with one attached hydrogen (secondary N) is 1. The summed E-state index contributed by atoms with van der Waals surface area (Å²) in [5.41, 5.74) is 2.70. The number of aryl methyl sites for hydroxylation is 1. The van der Waals surface area contributed by atoms with E-state index in [1.54, 1.807) is 31.5 Å². The van der Waals surface area contributed by atoms with Crippen LogP contribution in [0.15, 0.2) is 42.6 Å². The van der Waals surface area contributed by atoms with Crippen LogP contribution < -0.4 is 10.1 Å². The van der Waals surface area contributed by atoms with Gasteiger partial charge in [0.05, 0.1) is 7.11 Å². The first-order valence-corrected chi connectivity index (χ1v) is 6.53. The van der Waals surface area contributed by atoms with E-state index in [0.717, 1.165) is 17.7 Å². The standard InChI is InChI=1S/C16H18N2O2/c1-12-6-7-15(20-2)13(11-12)8-10-18-16(19)14-5-3-4-9-17-14/h3-7,9,11H,8,10H2,1-2H3,(H,18,19). The highest BCUT2D eigenvalue weighted by molar-refractivity contribution is 5.92. The predicted octanol–water partition coefficient (Wildman–Crippen LogP) is 2.37. The van der Waals surface area contributed by atoms with Crippen LogP contribution in [0.2, 0.25) is 0 Å². The lowest BCUT2D eigenvalue weighted by Gasteiger charge is -2.10. The van der Waals surface area contributed by atoms with E-state index in [1.807, 2.05) is 19.1 Å². The molecule has 0 radical (unpaired) electrons. The summed E-state index contributed by atoms with van der Waals surface area (Å²) in [5, 5.41) is 2.86. The Bertz CT molecular complexity index is 582. The van der Waals surface area contributed by atoms with E-state index >= 15 is 0 Å². The molecule has 0 aliphatic rings. The van der Waals surface area contributed by atoms with Gasteiger partial charge in [0.15, 0.2) is 0 Å². The summed E-state index contributed by atoms with van der Waals surface area (Å²) in [7, 11) is 1.65. The Labute approximate surface area is 118 Å². The van der Waals surface area contributed by atoms with Crippen molar-refractivity contribution < 1.29 is 9.53 Å². The molecular weight excluding hydrogens is 252 g/mol. The predicted molar refractivity (Wildman–Crippen MR) is 78.0 cm³/mol. The molecule has 4 nitrogen and oxygen atoms in total. The topological polar surface area (TPSA) is 51.2 Å². The number of carbonyl (C=O) groups excluding carboxylic acids is 1. The van der Waals surface area contributed by atoms with Gasteiger partial charge in [-0.2, -0.15) is 0 Å². The molecule has 0 bridgehead atoms. The molecule has 4 heteroatoms. The average molecular weight is 270 g/mol. The fraction of sp³-hybridized carbons (Fsp3) is 0.250. The summed E-state index contributed by atoms with van der Waals surface area (Å²) in [5.74, 6) is 0.694. The van der Waals surface area contributed by atoms with Crippen molar-refractivity contribution in [2.45, 2.75) is 13.3 Å². The first-order valence-electron chi connectivity index (χ1n) is 6.53. The van der Waals surface area contributed by atoms with Gasteiger partial charge in [-0.3, -0.25) is 9.78 Å². The Morgan fingerprint density at radius 2 is 2.15 bits per heavy atom. The van der Waals surface area contributed by atoms with Crippen LogP contribution in [0.5, 0.6) is 5.75 Å². The number of rotatable bonds is 5. The molecule has 2 rings (SSSR count). The summed E-state index contributed by atoms with van der Waals surface area (Å²) in [4.78, 5) is 15.9. The molecule has 0 unspecified atom stereocenters. The van der Waals surface area contributed by atoms with Gasteiger partial charge in [-0.1, -0.05) is 23.8 Å². The number of hydrogen-bond donors (Lipinski definition) is 1. The molecule has 0 aliphatic heterocycles. The van der Waals surface area contributed by atoms with Crippen molar-refractivity contribution in [3.63, 3.8) is 0 Å². The summed E-state index contributed by atoms with van der Waals surface area (Å²) in [6.07, 6.45) is 2.34. The highest BCUT2D eigenvalue weighted by Crippen LogP contribution is 2.19. The van der Waals surface area contributed by atoms with Gasteiger partial charge in [-0.05, 0) is 37.1 Å². The zero-order valence-corrected chi connectivity index (χ0v) is 11.7. The maximum atomic E-state index is 11.9. The van der Waals surface area contributed by atoms with Crippen LogP contribution in [-0.2, 0) is 6.42 Å². The number of aromatic nitrogens is 1. The van der Waals surface area contributed by atoms with E-state index in [-0.39, 0.29) is 5.91 Å².